The number of nitrogens with two attached hydrogens (primary N) is 3. The first kappa shape index (κ1) is 65.4. The number of hydrogen-bond acceptors (Lipinski definition) is 16. The Labute approximate surface area is 422 Å². The molecule has 72 heavy (non-hydrogen) atoms. The molecule has 18 N–H and O–H groups in total. The summed E-state index contributed by atoms with van der Waals surface area (Å²) in [5.41, 5.74) is 16.5. The summed E-state index contributed by atoms with van der Waals surface area (Å²) in [5, 5.41) is 49.8. The van der Waals surface area contributed by atoms with Crippen LogP contribution in [0.3, 0.4) is 0 Å². The molecule has 11 amide bonds. The number of aliphatic hydroxyl groups excluding tert-OH is 1. The van der Waals surface area contributed by atoms with E-state index in [9.17, 15) is 77.6 Å². The number of carbonyl (C=O) groups is 13. The lowest BCUT2D eigenvalue weighted by Crippen LogP contribution is -2.62. The molecule has 0 radical (unpaired) electrons. The van der Waals surface area contributed by atoms with Crippen molar-refractivity contribution >= 4 is 89.5 Å². The Hall–Kier alpha value is -6.62. The third-order valence-electron chi connectivity index (χ3n) is 11.0. The molecule has 0 saturated heterocycles. The van der Waals surface area contributed by atoms with Crippen LogP contribution in [0.5, 0.6) is 0 Å². The maximum absolute atomic E-state index is 13.6. The first-order valence-electron chi connectivity index (χ1n) is 23.0. The van der Waals surface area contributed by atoms with E-state index in [-0.39, 0.29) is 18.8 Å². The van der Waals surface area contributed by atoms with Crippen LogP contribution in [0.2, 0.25) is 0 Å². The summed E-state index contributed by atoms with van der Waals surface area (Å²) in [5.74, 6) is -16.9. The van der Waals surface area contributed by atoms with E-state index in [0.717, 1.165) is 0 Å². The lowest BCUT2D eigenvalue weighted by atomic mass is 9.96. The number of rotatable bonds is 33. The molecule has 0 heterocycles. The zero-order chi connectivity index (χ0) is 55.9. The van der Waals surface area contributed by atoms with Crippen LogP contribution in [0, 0.1) is 23.7 Å². The van der Waals surface area contributed by atoms with Gasteiger partial charge in [-0.25, -0.2) is 4.79 Å². The minimum atomic E-state index is -2.00. The summed E-state index contributed by atoms with van der Waals surface area (Å²) in [6, 6.07) is -15.2. The van der Waals surface area contributed by atoms with Crippen LogP contribution in [0.1, 0.15) is 94.4 Å². The van der Waals surface area contributed by atoms with E-state index in [1.165, 1.54) is 34.6 Å². The van der Waals surface area contributed by atoms with Crippen molar-refractivity contribution in [1.29, 1.82) is 0 Å². The summed E-state index contributed by atoms with van der Waals surface area (Å²) in [6.07, 6.45) is -2.40. The molecule has 29 heteroatoms. The number of nitrogens with one attached hydrogen (secondary N) is 9. The quantitative estimate of drug-likeness (QED) is 0.0272. The Morgan fingerprint density at radius 1 is 0.472 bits per heavy atom. The highest BCUT2D eigenvalue weighted by atomic mass is 32.1. The van der Waals surface area contributed by atoms with Crippen molar-refractivity contribution in [2.75, 3.05) is 12.4 Å². The largest absolute Gasteiger partial charge is 0.481 e. The van der Waals surface area contributed by atoms with Gasteiger partial charge in [0.25, 0.3) is 0 Å². The van der Waals surface area contributed by atoms with Crippen LogP contribution >= 0.6 is 12.6 Å². The molecule has 0 fully saturated rings. The van der Waals surface area contributed by atoms with Crippen molar-refractivity contribution in [3.8, 4) is 0 Å². The fraction of sp³-hybridized carbons (Fsp3) is 0.698. The average Bonchev–Trinajstić information content (AvgIpc) is 3.28. The molecular formula is C43H74N12O16S. The lowest BCUT2D eigenvalue weighted by Gasteiger charge is -2.29. The fourth-order valence-electron chi connectivity index (χ4n) is 6.29. The van der Waals surface area contributed by atoms with Gasteiger partial charge in [-0.15, -0.1) is 0 Å². The molecule has 28 nitrogen and oxygen atoms in total. The molecule has 0 aromatic rings. The molecular weight excluding hydrogens is 973 g/mol. The minimum absolute atomic E-state index is 0.299. The molecule has 408 valence electrons. The zero-order valence-corrected chi connectivity index (χ0v) is 42.8. The monoisotopic (exact) mass is 1050 g/mol. The van der Waals surface area contributed by atoms with Crippen LogP contribution in [0.15, 0.2) is 0 Å². The predicted octanol–water partition coefficient (Wildman–Crippen LogP) is -5.67. The summed E-state index contributed by atoms with van der Waals surface area (Å²) >= 11 is 4.10. The molecule has 0 spiro atoms. The van der Waals surface area contributed by atoms with Crippen LogP contribution in [-0.4, -0.2) is 165 Å². The van der Waals surface area contributed by atoms with Crippen molar-refractivity contribution in [1.82, 2.24) is 47.9 Å². The van der Waals surface area contributed by atoms with Gasteiger partial charge in [0.2, 0.25) is 65.0 Å². The number of aliphatic carboxylic acids is 2. The van der Waals surface area contributed by atoms with Crippen molar-refractivity contribution in [2.45, 2.75) is 155 Å². The fourth-order valence-corrected chi connectivity index (χ4v) is 6.55. The Morgan fingerprint density at radius 2 is 0.889 bits per heavy atom. The van der Waals surface area contributed by atoms with E-state index in [0.29, 0.717) is 6.42 Å². The van der Waals surface area contributed by atoms with E-state index in [1.807, 2.05) is 0 Å². The highest BCUT2D eigenvalue weighted by Gasteiger charge is 2.37. The Balaban J connectivity index is 6.24. The average molecular weight is 1050 g/mol. The van der Waals surface area contributed by atoms with E-state index in [2.05, 4.69) is 60.5 Å². The van der Waals surface area contributed by atoms with E-state index in [4.69, 9.17) is 17.2 Å². The second-order valence-corrected chi connectivity index (χ2v) is 18.5. The van der Waals surface area contributed by atoms with Gasteiger partial charge in [0.15, 0.2) is 0 Å². The first-order chi connectivity index (χ1) is 33.3. The van der Waals surface area contributed by atoms with Crippen molar-refractivity contribution in [2.24, 2.45) is 40.9 Å². The normalized spacial score (nSPS) is 15.8. The number of aliphatic hydroxyl groups is 1. The standard InChI is InChI=1S/C43H74N12O16S/c1-10-20(8)33(55-40(67)30(46)17(2)3)42(69)51-25(15-56)38(65)49-23(13-28(45)58)36(63)50-24(14-29(59)60)37(64)53-31(18(4)5)41(68)52-26(16-72)39(66)47-21(9)34(61)48-22(11-12-27(44)57)35(62)54-32(19(6)7)43(70)71/h17-26,30-33,56,72H,10-16,46H2,1-9H3,(H2,44,57)(H2,45,58)(H,47,66)(H,48,61)(H,49,65)(H,50,63)(H,51,69)(H,52,68)(H,53,64)(H,54,62)(H,55,67)(H,59,60)(H,70,71). The molecule has 0 bridgehead atoms. The van der Waals surface area contributed by atoms with Crippen LogP contribution in [0.4, 0.5) is 0 Å². The maximum atomic E-state index is 13.6. The van der Waals surface area contributed by atoms with E-state index < -0.39 is 180 Å². The smallest absolute Gasteiger partial charge is 0.326 e. The SMILES string of the molecule is CCC(C)C(NC(=O)C(N)C(C)C)C(=O)NC(CO)C(=O)NC(CC(N)=O)C(=O)NC(CC(=O)O)C(=O)NC(C(=O)NC(CS)C(=O)NC(C)C(=O)NC(CCC(N)=O)C(=O)NC(C(=O)O)C(C)C)C(C)C. The molecule has 0 rings (SSSR count). The Bertz CT molecular complexity index is 1970. The molecule has 11 atom stereocenters. The third kappa shape index (κ3) is 22.6. The number of amides is 11. The lowest BCUT2D eigenvalue weighted by molar-refractivity contribution is -0.143. The second-order valence-electron chi connectivity index (χ2n) is 18.1. The number of carbonyl (C=O) groups excluding carboxylic acids is 11. The number of thiol groups is 1. The van der Waals surface area contributed by atoms with Crippen molar-refractivity contribution < 1.29 is 77.6 Å². The summed E-state index contributed by atoms with van der Waals surface area (Å²) in [4.78, 5) is 167. The molecule has 0 aliphatic heterocycles. The second kappa shape index (κ2) is 31.7. The highest BCUT2D eigenvalue weighted by molar-refractivity contribution is 7.80. The molecule has 0 saturated carbocycles. The van der Waals surface area contributed by atoms with Gasteiger partial charge < -0.3 is 80.4 Å². The zero-order valence-electron chi connectivity index (χ0n) is 41.9. The number of hydrogen-bond donors (Lipinski definition) is 16. The van der Waals surface area contributed by atoms with Gasteiger partial charge in [-0.2, -0.15) is 12.6 Å². The maximum Gasteiger partial charge on any atom is 0.326 e. The highest BCUT2D eigenvalue weighted by Crippen LogP contribution is 2.12. The van der Waals surface area contributed by atoms with Gasteiger partial charge in [0.05, 0.1) is 25.5 Å². The topological polar surface area (TPSA) is 469 Å². The molecule has 0 aromatic heterocycles. The number of carboxylic acids is 2. The molecule has 0 aromatic carbocycles. The van der Waals surface area contributed by atoms with Gasteiger partial charge in [0.1, 0.15) is 54.4 Å². The summed E-state index contributed by atoms with van der Waals surface area (Å²) < 4.78 is 0. The van der Waals surface area contributed by atoms with Crippen LogP contribution in [0.25, 0.3) is 0 Å². The Kier molecular flexibility index (Phi) is 28.7. The summed E-state index contributed by atoms with van der Waals surface area (Å²) in [6.45, 7) is 12.8. The van der Waals surface area contributed by atoms with Crippen molar-refractivity contribution in [3.05, 3.63) is 0 Å². The minimum Gasteiger partial charge on any atom is -0.481 e. The number of primary amides is 2. The van der Waals surface area contributed by atoms with Crippen LogP contribution < -0.4 is 65.1 Å². The Morgan fingerprint density at radius 3 is 1.33 bits per heavy atom. The van der Waals surface area contributed by atoms with Crippen molar-refractivity contribution in [3.63, 3.8) is 0 Å². The number of carboxylic acid groups (broad SMARTS) is 2. The first-order valence-corrected chi connectivity index (χ1v) is 23.7. The summed E-state index contributed by atoms with van der Waals surface area (Å²) in [7, 11) is 0. The third-order valence-corrected chi connectivity index (χ3v) is 11.4. The molecule has 11 unspecified atom stereocenters. The molecule has 0 aliphatic rings. The van der Waals surface area contributed by atoms with Gasteiger partial charge >= 0.3 is 11.9 Å². The van der Waals surface area contributed by atoms with E-state index >= 15 is 0 Å². The predicted molar refractivity (Wildman–Crippen MR) is 258 cm³/mol. The molecule has 0 aliphatic carbocycles. The van der Waals surface area contributed by atoms with Gasteiger partial charge in [0, 0.05) is 12.2 Å². The van der Waals surface area contributed by atoms with E-state index in [1.54, 1.807) is 27.7 Å². The van der Waals surface area contributed by atoms with Gasteiger partial charge in [-0.1, -0.05) is 61.8 Å². The van der Waals surface area contributed by atoms with Gasteiger partial charge in [-0.05, 0) is 37.0 Å². The van der Waals surface area contributed by atoms with Gasteiger partial charge in [-0.3, -0.25) is 57.5 Å². The van der Waals surface area contributed by atoms with Crippen LogP contribution in [-0.2, 0) is 62.3 Å².